The first-order valence-corrected chi connectivity index (χ1v) is 9.95. The number of nitrogens with zero attached hydrogens (tertiary/aromatic N) is 2. The number of rotatable bonds is 4. The molecular weight excluding hydrogens is 455 g/mol. The minimum Gasteiger partial charge on any atom is -0.383 e. The molecule has 1 amide bonds. The quantitative estimate of drug-likeness (QED) is 0.561. The van der Waals surface area contributed by atoms with Crippen LogP contribution in [0, 0.1) is 3.57 Å². The summed E-state index contributed by atoms with van der Waals surface area (Å²) in [5.41, 5.74) is 11.1. The molecule has 3 N–H and O–H groups in total. The summed E-state index contributed by atoms with van der Waals surface area (Å²) >= 11 is 2.28. The number of pyridine rings is 1. The van der Waals surface area contributed by atoms with Crippen molar-refractivity contribution in [3.63, 3.8) is 0 Å². The summed E-state index contributed by atoms with van der Waals surface area (Å²) in [5, 5.41) is 0. The fourth-order valence-electron chi connectivity index (χ4n) is 3.39. The Morgan fingerprint density at radius 3 is 2.70 bits per heavy atom. The van der Waals surface area contributed by atoms with Crippen molar-refractivity contribution in [3.05, 3.63) is 56.3 Å². The Hall–Kier alpha value is -2.13. The summed E-state index contributed by atoms with van der Waals surface area (Å²) in [6.45, 7) is 5.56. The summed E-state index contributed by atoms with van der Waals surface area (Å²) in [7, 11) is 0. The number of amides is 1. The monoisotopic (exact) mass is 476 g/mol. The predicted octanol–water partition coefficient (Wildman–Crippen LogP) is 3.83. The molecule has 27 heavy (non-hydrogen) atoms. The van der Waals surface area contributed by atoms with Crippen LogP contribution in [-0.2, 0) is 24.5 Å². The Morgan fingerprint density at radius 1 is 1.30 bits per heavy atom. The first-order valence-electron chi connectivity index (χ1n) is 8.87. The fourth-order valence-corrected chi connectivity index (χ4v) is 3.75. The second-order valence-electron chi connectivity index (χ2n) is 7.04. The number of aromatic amines is 1. The lowest BCUT2D eigenvalue weighted by molar-refractivity contribution is 0.0685. The summed E-state index contributed by atoms with van der Waals surface area (Å²) in [5.74, 6) is 0.431. The average molecular weight is 476 g/mol. The van der Waals surface area contributed by atoms with E-state index >= 15 is 0 Å². The van der Waals surface area contributed by atoms with E-state index in [1.165, 1.54) is 3.57 Å². The van der Waals surface area contributed by atoms with E-state index in [9.17, 15) is 4.79 Å². The lowest BCUT2D eigenvalue weighted by Crippen LogP contribution is -2.36. The first kappa shape index (κ1) is 18.2. The molecule has 0 fully saturated rings. The van der Waals surface area contributed by atoms with Crippen molar-refractivity contribution in [1.29, 1.82) is 0 Å². The molecule has 7 heteroatoms. The standard InChI is InChI=1S/C20H21IN4O2/c1-11(2)25(8-12-3-5-13(21)6-4-12)20(26)17-7-16-18(23-17)14-9-27-10-15(14)19(22)24-16/h3-7,11,23H,8-10H2,1-2H3,(H2,22,24). The van der Waals surface area contributed by atoms with Crippen molar-refractivity contribution in [2.75, 3.05) is 5.73 Å². The van der Waals surface area contributed by atoms with Crippen molar-refractivity contribution in [3.8, 4) is 0 Å². The van der Waals surface area contributed by atoms with Crippen LogP contribution in [0.3, 0.4) is 0 Å². The number of nitrogens with two attached hydrogens (primary N) is 1. The highest BCUT2D eigenvalue weighted by Gasteiger charge is 2.25. The lowest BCUT2D eigenvalue weighted by Gasteiger charge is -2.26. The van der Waals surface area contributed by atoms with E-state index < -0.39 is 0 Å². The van der Waals surface area contributed by atoms with Gasteiger partial charge in [0.05, 0.1) is 24.2 Å². The number of fused-ring (bicyclic) bond motifs is 3. The van der Waals surface area contributed by atoms with Crippen LogP contribution in [0.15, 0.2) is 30.3 Å². The highest BCUT2D eigenvalue weighted by molar-refractivity contribution is 14.1. The van der Waals surface area contributed by atoms with Crippen LogP contribution in [0.1, 0.15) is 41.0 Å². The van der Waals surface area contributed by atoms with Crippen molar-refractivity contribution < 1.29 is 9.53 Å². The molecule has 3 aromatic rings. The van der Waals surface area contributed by atoms with Gasteiger partial charge in [-0.25, -0.2) is 4.98 Å². The number of anilines is 1. The number of carbonyl (C=O) groups excluding carboxylic acids is 1. The molecule has 140 valence electrons. The van der Waals surface area contributed by atoms with Crippen LogP contribution < -0.4 is 5.73 Å². The molecule has 6 nitrogen and oxygen atoms in total. The maximum absolute atomic E-state index is 13.2. The molecule has 0 unspecified atom stereocenters. The second-order valence-corrected chi connectivity index (χ2v) is 8.29. The van der Waals surface area contributed by atoms with Gasteiger partial charge < -0.3 is 20.4 Å². The van der Waals surface area contributed by atoms with E-state index in [0.29, 0.717) is 36.8 Å². The lowest BCUT2D eigenvalue weighted by atomic mass is 10.1. The van der Waals surface area contributed by atoms with Gasteiger partial charge in [-0.2, -0.15) is 0 Å². The van der Waals surface area contributed by atoms with Crippen molar-refractivity contribution in [2.45, 2.75) is 39.6 Å². The zero-order valence-corrected chi connectivity index (χ0v) is 17.4. The van der Waals surface area contributed by atoms with Crippen LogP contribution >= 0.6 is 22.6 Å². The third kappa shape index (κ3) is 3.41. The maximum Gasteiger partial charge on any atom is 0.270 e. The SMILES string of the molecule is CC(C)N(Cc1ccc(I)cc1)C(=O)c1cc2nc(N)c3c(c2[nH]1)COC3. The second kappa shape index (κ2) is 7.12. The highest BCUT2D eigenvalue weighted by atomic mass is 127. The van der Waals surface area contributed by atoms with E-state index in [1.54, 1.807) is 6.07 Å². The molecule has 0 aliphatic carbocycles. The Morgan fingerprint density at radius 2 is 2.00 bits per heavy atom. The molecule has 0 atom stereocenters. The molecular formula is C20H21IN4O2. The van der Waals surface area contributed by atoms with Crippen LogP contribution in [-0.4, -0.2) is 26.8 Å². The van der Waals surface area contributed by atoms with Gasteiger partial charge in [0.25, 0.3) is 5.91 Å². The molecule has 1 aliphatic rings. The van der Waals surface area contributed by atoms with Crippen LogP contribution in [0.2, 0.25) is 0 Å². The number of hydrogen-bond donors (Lipinski definition) is 2. The normalized spacial score (nSPS) is 13.3. The Labute approximate surface area is 171 Å². The third-order valence-corrected chi connectivity index (χ3v) is 5.61. The zero-order valence-electron chi connectivity index (χ0n) is 15.3. The number of hydrogen-bond acceptors (Lipinski definition) is 4. The van der Waals surface area contributed by atoms with Gasteiger partial charge in [-0.15, -0.1) is 0 Å². The first-order chi connectivity index (χ1) is 12.9. The number of aromatic nitrogens is 2. The molecule has 3 heterocycles. The van der Waals surface area contributed by atoms with E-state index in [4.69, 9.17) is 10.5 Å². The number of nitrogen functional groups attached to an aromatic ring is 1. The maximum atomic E-state index is 13.2. The number of benzene rings is 1. The van der Waals surface area contributed by atoms with Crippen molar-refractivity contribution >= 4 is 45.3 Å². The average Bonchev–Trinajstić information content (AvgIpc) is 3.27. The van der Waals surface area contributed by atoms with Gasteiger partial charge in [0, 0.05) is 27.3 Å². The van der Waals surface area contributed by atoms with E-state index in [-0.39, 0.29) is 11.9 Å². The molecule has 0 spiro atoms. The largest absolute Gasteiger partial charge is 0.383 e. The number of H-pyrrole nitrogens is 1. The summed E-state index contributed by atoms with van der Waals surface area (Å²) in [4.78, 5) is 22.8. The molecule has 0 saturated carbocycles. The molecule has 0 saturated heterocycles. The predicted molar refractivity (Wildman–Crippen MR) is 113 cm³/mol. The highest BCUT2D eigenvalue weighted by Crippen LogP contribution is 2.31. The van der Waals surface area contributed by atoms with Crippen LogP contribution in [0.25, 0.3) is 11.0 Å². The van der Waals surface area contributed by atoms with Gasteiger partial charge in [-0.3, -0.25) is 4.79 Å². The van der Waals surface area contributed by atoms with Crippen molar-refractivity contribution in [1.82, 2.24) is 14.9 Å². The Kier molecular flexibility index (Phi) is 4.81. The number of halogens is 1. The van der Waals surface area contributed by atoms with Gasteiger partial charge in [0.2, 0.25) is 0 Å². The Balaban J connectivity index is 1.68. The minimum atomic E-state index is -0.0483. The molecule has 0 bridgehead atoms. The van der Waals surface area contributed by atoms with Gasteiger partial charge in [0.1, 0.15) is 11.5 Å². The summed E-state index contributed by atoms with van der Waals surface area (Å²) < 4.78 is 6.69. The number of nitrogens with one attached hydrogen (secondary N) is 1. The zero-order chi connectivity index (χ0) is 19.1. The minimum absolute atomic E-state index is 0.0483. The van der Waals surface area contributed by atoms with Gasteiger partial charge in [0.15, 0.2) is 0 Å². The number of ether oxygens (including phenoxy) is 1. The van der Waals surface area contributed by atoms with Gasteiger partial charge in [-0.05, 0) is 60.2 Å². The smallest absolute Gasteiger partial charge is 0.270 e. The van der Waals surface area contributed by atoms with E-state index in [0.717, 1.165) is 22.2 Å². The summed E-state index contributed by atoms with van der Waals surface area (Å²) in [6, 6.07) is 10.1. The van der Waals surface area contributed by atoms with Gasteiger partial charge >= 0.3 is 0 Å². The molecule has 4 rings (SSSR count). The number of carbonyl (C=O) groups is 1. The van der Waals surface area contributed by atoms with Crippen LogP contribution in [0.4, 0.5) is 5.82 Å². The molecule has 2 aromatic heterocycles. The summed E-state index contributed by atoms with van der Waals surface area (Å²) in [6.07, 6.45) is 0. The van der Waals surface area contributed by atoms with Crippen LogP contribution in [0.5, 0.6) is 0 Å². The van der Waals surface area contributed by atoms with Crippen molar-refractivity contribution in [2.24, 2.45) is 0 Å². The topological polar surface area (TPSA) is 84.2 Å². The molecule has 1 aromatic carbocycles. The third-order valence-electron chi connectivity index (χ3n) is 4.89. The molecule has 0 radical (unpaired) electrons. The Bertz CT molecular complexity index is 1010. The fraction of sp³-hybridized carbons (Fsp3) is 0.300. The van der Waals surface area contributed by atoms with E-state index in [1.807, 2.05) is 18.7 Å². The molecule has 1 aliphatic heterocycles. The van der Waals surface area contributed by atoms with Gasteiger partial charge in [-0.1, -0.05) is 12.1 Å². The van der Waals surface area contributed by atoms with E-state index in [2.05, 4.69) is 56.8 Å².